The van der Waals surface area contributed by atoms with Gasteiger partial charge in [0.2, 0.25) is 5.69 Å². The number of nitriles is 1. The summed E-state index contributed by atoms with van der Waals surface area (Å²) in [6.07, 6.45) is 7.95. The number of hydrogen-bond acceptors (Lipinski definition) is 5. The molecule has 0 unspecified atom stereocenters. The molecule has 1 aliphatic rings. The number of rotatable bonds is 8. The zero-order valence-corrected chi connectivity index (χ0v) is 20.7. The third kappa shape index (κ3) is 4.99. The summed E-state index contributed by atoms with van der Waals surface area (Å²) in [5.41, 5.74) is 3.71. The Labute approximate surface area is 218 Å². The van der Waals surface area contributed by atoms with Gasteiger partial charge in [-0.3, -0.25) is 4.68 Å². The largest absolute Gasteiger partial charge is 0.618 e. The van der Waals surface area contributed by atoms with Crippen LogP contribution in [0.2, 0.25) is 5.02 Å². The van der Waals surface area contributed by atoms with E-state index in [0.29, 0.717) is 39.1 Å². The third-order valence-corrected chi connectivity index (χ3v) is 6.87. The highest BCUT2D eigenvalue weighted by atomic mass is 35.5. The molecule has 186 valence electrons. The lowest BCUT2D eigenvalue weighted by Crippen LogP contribution is -2.36. The molecule has 2 aromatic carbocycles. The van der Waals surface area contributed by atoms with Gasteiger partial charge in [-0.25, -0.2) is 4.79 Å². The summed E-state index contributed by atoms with van der Waals surface area (Å²) in [7, 11) is 1.52. The second-order valence-electron chi connectivity index (χ2n) is 9.09. The molecule has 0 saturated heterocycles. The molecule has 0 radical (unpaired) electrons. The fourth-order valence-electron chi connectivity index (χ4n) is 4.48. The minimum Gasteiger partial charge on any atom is -0.618 e. The van der Waals surface area contributed by atoms with Crippen LogP contribution in [-0.2, 0) is 0 Å². The van der Waals surface area contributed by atoms with E-state index >= 15 is 0 Å². The fourth-order valence-corrected chi connectivity index (χ4v) is 4.65. The summed E-state index contributed by atoms with van der Waals surface area (Å²) in [4.78, 5) is 11.2. The summed E-state index contributed by atoms with van der Waals surface area (Å²) >= 11 is 6.19. The number of pyridine rings is 1. The SMILES string of the molecule is COc1cc([C@@H](CC2CC2)n2cc(-c3ccc(C(=O)O)cc3)cn2)[n+]([O-])cc1-c1cc(Cl)ccc1C#N. The number of carboxylic acids is 1. The Morgan fingerprint density at radius 3 is 2.65 bits per heavy atom. The molecule has 1 aliphatic carbocycles. The molecule has 0 bridgehead atoms. The first-order valence-electron chi connectivity index (χ1n) is 11.8. The van der Waals surface area contributed by atoms with Crippen LogP contribution in [0.5, 0.6) is 5.75 Å². The summed E-state index contributed by atoms with van der Waals surface area (Å²) in [6, 6.07) is 15.0. The number of hydrogen-bond donors (Lipinski definition) is 1. The van der Waals surface area contributed by atoms with Crippen LogP contribution < -0.4 is 9.47 Å². The topological polar surface area (TPSA) is 115 Å². The maximum Gasteiger partial charge on any atom is 0.335 e. The molecule has 1 fully saturated rings. The van der Waals surface area contributed by atoms with Crippen molar-refractivity contribution in [2.45, 2.75) is 25.3 Å². The van der Waals surface area contributed by atoms with Gasteiger partial charge in [0.1, 0.15) is 11.8 Å². The third-order valence-electron chi connectivity index (χ3n) is 6.64. The maximum atomic E-state index is 13.4. The van der Waals surface area contributed by atoms with Crippen LogP contribution in [0.1, 0.15) is 46.9 Å². The number of methoxy groups -OCH3 is 1. The molecule has 5 rings (SSSR count). The lowest BCUT2D eigenvalue weighted by molar-refractivity contribution is -0.615. The number of ether oxygens (including phenoxy) is 1. The van der Waals surface area contributed by atoms with Crippen LogP contribution in [0, 0.1) is 22.5 Å². The van der Waals surface area contributed by atoms with Gasteiger partial charge in [0.05, 0.1) is 42.1 Å². The number of nitrogens with zero attached hydrogens (tertiary/aromatic N) is 4. The fraction of sp³-hybridized carbons (Fsp3) is 0.214. The second kappa shape index (κ2) is 9.96. The number of aromatic carboxylic acids is 1. The Balaban J connectivity index is 1.55. The van der Waals surface area contributed by atoms with E-state index in [2.05, 4.69) is 11.2 Å². The first-order valence-corrected chi connectivity index (χ1v) is 12.1. The number of carbonyl (C=O) groups is 1. The average Bonchev–Trinajstić information content (AvgIpc) is 3.60. The maximum absolute atomic E-state index is 13.4. The molecule has 0 aliphatic heterocycles. The molecule has 2 aromatic heterocycles. The zero-order valence-electron chi connectivity index (χ0n) is 20.0. The van der Waals surface area contributed by atoms with Gasteiger partial charge in [0.15, 0.2) is 6.20 Å². The van der Waals surface area contributed by atoms with E-state index in [0.717, 1.165) is 35.1 Å². The molecule has 8 nitrogen and oxygen atoms in total. The van der Waals surface area contributed by atoms with Gasteiger partial charge in [-0.2, -0.15) is 15.1 Å². The van der Waals surface area contributed by atoms with Crippen molar-refractivity contribution in [2.75, 3.05) is 7.11 Å². The van der Waals surface area contributed by atoms with Crippen molar-refractivity contribution in [2.24, 2.45) is 5.92 Å². The van der Waals surface area contributed by atoms with E-state index in [1.54, 1.807) is 59.4 Å². The van der Waals surface area contributed by atoms with E-state index in [1.807, 2.05) is 6.20 Å². The van der Waals surface area contributed by atoms with Crippen LogP contribution in [0.3, 0.4) is 0 Å². The first kappa shape index (κ1) is 24.3. The molecule has 9 heteroatoms. The van der Waals surface area contributed by atoms with Crippen LogP contribution >= 0.6 is 11.6 Å². The highest BCUT2D eigenvalue weighted by Crippen LogP contribution is 2.41. The van der Waals surface area contributed by atoms with Crippen molar-refractivity contribution in [3.05, 3.63) is 94.2 Å². The van der Waals surface area contributed by atoms with Crippen molar-refractivity contribution in [3.8, 4) is 34.1 Å². The quantitative estimate of drug-likeness (QED) is 0.246. The van der Waals surface area contributed by atoms with E-state index in [9.17, 15) is 15.3 Å². The monoisotopic (exact) mass is 514 g/mol. The van der Waals surface area contributed by atoms with Gasteiger partial charge < -0.3 is 15.1 Å². The van der Waals surface area contributed by atoms with Crippen LogP contribution in [0.15, 0.2) is 67.1 Å². The van der Waals surface area contributed by atoms with Gasteiger partial charge in [-0.05, 0) is 48.2 Å². The normalized spacial score (nSPS) is 13.6. The minimum atomic E-state index is -0.983. The first-order chi connectivity index (χ1) is 17.9. The van der Waals surface area contributed by atoms with E-state index in [4.69, 9.17) is 21.4 Å². The predicted molar refractivity (Wildman–Crippen MR) is 137 cm³/mol. The predicted octanol–water partition coefficient (Wildman–Crippen LogP) is 5.47. The van der Waals surface area contributed by atoms with Crippen LogP contribution in [0.4, 0.5) is 0 Å². The molecule has 2 heterocycles. The van der Waals surface area contributed by atoms with Gasteiger partial charge in [-0.15, -0.1) is 0 Å². The number of carboxylic acid groups (broad SMARTS) is 1. The average molecular weight is 515 g/mol. The van der Waals surface area contributed by atoms with Crippen molar-refractivity contribution < 1.29 is 19.4 Å². The highest BCUT2D eigenvalue weighted by Gasteiger charge is 2.33. The molecule has 37 heavy (non-hydrogen) atoms. The van der Waals surface area contributed by atoms with Gasteiger partial charge in [-0.1, -0.05) is 36.6 Å². The molecule has 4 aromatic rings. The van der Waals surface area contributed by atoms with E-state index in [-0.39, 0.29) is 11.6 Å². The lowest BCUT2D eigenvalue weighted by atomic mass is 9.99. The van der Waals surface area contributed by atoms with Crippen molar-refractivity contribution in [1.29, 1.82) is 5.26 Å². The van der Waals surface area contributed by atoms with E-state index in [1.165, 1.54) is 13.3 Å². The highest BCUT2D eigenvalue weighted by molar-refractivity contribution is 6.31. The Hall–Kier alpha value is -4.35. The Bertz CT molecular complexity index is 1520. The van der Waals surface area contributed by atoms with Crippen molar-refractivity contribution in [1.82, 2.24) is 9.78 Å². The van der Waals surface area contributed by atoms with E-state index < -0.39 is 5.97 Å². The zero-order chi connectivity index (χ0) is 26.1. The lowest BCUT2D eigenvalue weighted by Gasteiger charge is -2.19. The van der Waals surface area contributed by atoms with Gasteiger partial charge in [0.25, 0.3) is 0 Å². The van der Waals surface area contributed by atoms with Crippen molar-refractivity contribution >= 4 is 17.6 Å². The number of halogens is 1. The molecule has 1 atom stereocenters. The Morgan fingerprint density at radius 1 is 1.24 bits per heavy atom. The van der Waals surface area contributed by atoms with Crippen LogP contribution in [-0.4, -0.2) is 28.0 Å². The smallest absolute Gasteiger partial charge is 0.335 e. The summed E-state index contributed by atoms with van der Waals surface area (Å²) < 4.78 is 8.26. The molecular weight excluding hydrogens is 492 g/mol. The Kier molecular flexibility index (Phi) is 6.55. The van der Waals surface area contributed by atoms with Gasteiger partial charge >= 0.3 is 5.97 Å². The second-order valence-corrected chi connectivity index (χ2v) is 9.53. The molecular formula is C28H23ClN4O4. The van der Waals surface area contributed by atoms with Crippen molar-refractivity contribution in [3.63, 3.8) is 0 Å². The molecule has 0 amide bonds. The number of aromatic nitrogens is 3. The summed E-state index contributed by atoms with van der Waals surface area (Å²) in [6.45, 7) is 0. The Morgan fingerprint density at radius 2 is 2.00 bits per heavy atom. The number of benzene rings is 2. The summed E-state index contributed by atoms with van der Waals surface area (Å²) in [5, 5.41) is 37.2. The molecule has 0 spiro atoms. The molecule has 1 saturated carbocycles. The summed E-state index contributed by atoms with van der Waals surface area (Å²) in [5.74, 6) is -0.0293. The minimum absolute atomic E-state index is 0.210. The van der Waals surface area contributed by atoms with Crippen LogP contribution in [0.25, 0.3) is 22.3 Å². The standard InChI is InChI=1S/C28H23ClN4O4/c1-37-27-12-26(33(36)16-24(27)23-11-22(29)9-8-20(23)13-30)25(10-17-2-3-17)32-15-21(14-31-32)18-4-6-19(7-5-18)28(34)35/h4-9,11-12,14-17,25H,2-3,10H2,1H3,(H,34,35)/t25-/m1/s1. The molecule has 1 N–H and O–H groups in total. The van der Waals surface area contributed by atoms with Gasteiger partial charge in [0, 0.05) is 22.3 Å².